The second kappa shape index (κ2) is 6.38. The van der Waals surface area contributed by atoms with Crippen LogP contribution >= 0.6 is 0 Å². The van der Waals surface area contributed by atoms with Crippen molar-refractivity contribution >= 4 is 5.91 Å². The topological polar surface area (TPSA) is 52.9 Å². The quantitative estimate of drug-likeness (QED) is 0.826. The zero-order valence-corrected chi connectivity index (χ0v) is 12.2. The smallest absolute Gasteiger partial charge is 0.322 e. The Kier molecular flexibility index (Phi) is 5.11. The van der Waals surface area contributed by atoms with Crippen LogP contribution in [0.4, 0.5) is 0 Å². The Bertz CT molecular complexity index is 467. The first-order chi connectivity index (χ1) is 8.85. The van der Waals surface area contributed by atoms with Gasteiger partial charge in [-0.2, -0.15) is 5.26 Å². The maximum absolute atomic E-state index is 11.0. The van der Waals surface area contributed by atoms with Crippen molar-refractivity contribution in [2.45, 2.75) is 39.5 Å². The predicted octanol–water partition coefficient (Wildman–Crippen LogP) is 2.80. The average Bonchev–Trinajstić information content (AvgIpc) is 2.36. The van der Waals surface area contributed by atoms with Crippen molar-refractivity contribution in [3.63, 3.8) is 0 Å². The summed E-state index contributed by atoms with van der Waals surface area (Å²) in [5, 5.41) is 11.1. The third kappa shape index (κ3) is 4.75. The van der Waals surface area contributed by atoms with Crippen molar-refractivity contribution in [1.82, 2.24) is 5.32 Å². The number of hydrogen-bond donors (Lipinski definition) is 1. The van der Waals surface area contributed by atoms with Crippen LogP contribution in [0.15, 0.2) is 24.3 Å². The lowest BCUT2D eigenvalue weighted by Gasteiger charge is -2.25. The van der Waals surface area contributed by atoms with E-state index in [0.29, 0.717) is 12.5 Å². The Hall–Kier alpha value is -1.82. The number of nitrogens with one attached hydrogen (secondary N) is 1. The van der Waals surface area contributed by atoms with Crippen molar-refractivity contribution in [3.05, 3.63) is 35.4 Å². The summed E-state index contributed by atoms with van der Waals surface area (Å²) in [6, 6.07) is 10.1. The van der Waals surface area contributed by atoms with Crippen LogP contribution in [-0.4, -0.2) is 12.5 Å². The number of rotatable bonds is 5. The second-order valence-corrected chi connectivity index (χ2v) is 5.97. The fourth-order valence-corrected chi connectivity index (χ4v) is 2.01. The molecule has 0 saturated carbocycles. The van der Waals surface area contributed by atoms with E-state index in [9.17, 15) is 4.79 Å². The molecule has 0 radical (unpaired) electrons. The van der Waals surface area contributed by atoms with Crippen LogP contribution in [0.3, 0.4) is 0 Å². The van der Waals surface area contributed by atoms with Gasteiger partial charge in [0.15, 0.2) is 6.07 Å². The highest BCUT2D eigenvalue weighted by atomic mass is 16.1. The molecule has 1 amide bonds. The molecule has 0 fully saturated rings. The van der Waals surface area contributed by atoms with Crippen molar-refractivity contribution < 1.29 is 4.79 Å². The predicted molar refractivity (Wildman–Crippen MR) is 76.6 cm³/mol. The van der Waals surface area contributed by atoms with Gasteiger partial charge in [-0.3, -0.25) is 4.79 Å². The Morgan fingerprint density at radius 2 is 1.89 bits per heavy atom. The van der Waals surface area contributed by atoms with Crippen molar-refractivity contribution in [1.29, 1.82) is 5.26 Å². The van der Waals surface area contributed by atoms with Crippen LogP contribution in [0.5, 0.6) is 0 Å². The largest absolute Gasteiger partial charge is 0.343 e. The van der Waals surface area contributed by atoms with Crippen molar-refractivity contribution in [2.24, 2.45) is 5.92 Å². The second-order valence-electron chi connectivity index (χ2n) is 5.97. The zero-order valence-electron chi connectivity index (χ0n) is 12.2. The molecule has 1 rings (SSSR count). The molecule has 3 nitrogen and oxygen atoms in total. The molecule has 0 spiro atoms. The van der Waals surface area contributed by atoms with Gasteiger partial charge in [-0.1, -0.05) is 52.0 Å². The summed E-state index contributed by atoms with van der Waals surface area (Å²) >= 11 is 0. The monoisotopic (exact) mass is 258 g/mol. The van der Waals surface area contributed by atoms with E-state index in [-0.39, 0.29) is 5.41 Å². The summed E-state index contributed by atoms with van der Waals surface area (Å²) in [5.41, 5.74) is 2.32. The van der Waals surface area contributed by atoms with Gasteiger partial charge in [0.25, 0.3) is 0 Å². The van der Waals surface area contributed by atoms with Gasteiger partial charge in [0.2, 0.25) is 0 Å². The fraction of sp³-hybridized carbons (Fsp3) is 0.500. The Balaban J connectivity index is 2.73. The molecule has 0 heterocycles. The van der Waals surface area contributed by atoms with E-state index in [4.69, 9.17) is 5.26 Å². The number of nitriles is 1. The first-order valence-corrected chi connectivity index (χ1v) is 6.62. The number of hydrogen-bond acceptors (Lipinski definition) is 2. The number of carbonyl (C=O) groups is 1. The molecule has 0 aliphatic heterocycles. The minimum atomic E-state index is -0.579. The summed E-state index contributed by atoms with van der Waals surface area (Å²) in [7, 11) is 0. The molecule has 0 unspecified atom stereocenters. The molecule has 1 aromatic carbocycles. The van der Waals surface area contributed by atoms with Gasteiger partial charge in [-0.25, -0.2) is 0 Å². The highest BCUT2D eigenvalue weighted by Gasteiger charge is 2.21. The van der Waals surface area contributed by atoms with Gasteiger partial charge in [-0.05, 0) is 23.5 Å². The first-order valence-electron chi connectivity index (χ1n) is 6.62. The Morgan fingerprint density at radius 3 is 2.37 bits per heavy atom. The minimum absolute atomic E-state index is 0.178. The van der Waals surface area contributed by atoms with E-state index in [1.165, 1.54) is 11.1 Å². The SMILES string of the molecule is CC(C)Cc1ccc(C(C)(C)CNC(=O)C#N)cc1. The molecule has 0 aliphatic rings. The van der Waals surface area contributed by atoms with Crippen LogP contribution in [0.25, 0.3) is 0 Å². The zero-order chi connectivity index (χ0) is 14.5. The number of nitrogens with zero attached hydrogens (tertiary/aromatic N) is 1. The Morgan fingerprint density at radius 1 is 1.32 bits per heavy atom. The first kappa shape index (κ1) is 15.2. The van der Waals surface area contributed by atoms with Gasteiger partial charge in [-0.15, -0.1) is 0 Å². The molecular weight excluding hydrogens is 236 g/mol. The van der Waals surface area contributed by atoms with E-state index in [2.05, 4.69) is 57.3 Å². The molecule has 19 heavy (non-hydrogen) atoms. The third-order valence-corrected chi connectivity index (χ3v) is 3.17. The summed E-state index contributed by atoms with van der Waals surface area (Å²) < 4.78 is 0. The lowest BCUT2D eigenvalue weighted by molar-refractivity contribution is -0.116. The summed E-state index contributed by atoms with van der Waals surface area (Å²) in [6.45, 7) is 8.98. The molecule has 0 bridgehead atoms. The molecule has 0 aromatic heterocycles. The number of carbonyl (C=O) groups excluding carboxylic acids is 1. The van der Waals surface area contributed by atoms with E-state index in [1.807, 2.05) is 0 Å². The van der Waals surface area contributed by atoms with Crippen LogP contribution in [0.2, 0.25) is 0 Å². The molecular formula is C16H22N2O. The van der Waals surface area contributed by atoms with Gasteiger partial charge < -0.3 is 5.32 Å². The van der Waals surface area contributed by atoms with E-state index >= 15 is 0 Å². The van der Waals surface area contributed by atoms with Crippen LogP contribution in [0.1, 0.15) is 38.8 Å². The van der Waals surface area contributed by atoms with Crippen molar-refractivity contribution in [2.75, 3.05) is 6.54 Å². The molecule has 0 atom stereocenters. The van der Waals surface area contributed by atoms with Gasteiger partial charge in [0.1, 0.15) is 0 Å². The normalized spacial score (nSPS) is 11.2. The fourth-order valence-electron chi connectivity index (χ4n) is 2.01. The molecule has 1 N–H and O–H groups in total. The van der Waals surface area contributed by atoms with Crippen molar-refractivity contribution in [3.8, 4) is 6.07 Å². The van der Waals surface area contributed by atoms with Crippen LogP contribution in [0, 0.1) is 17.2 Å². The summed E-state index contributed by atoms with van der Waals surface area (Å²) in [6.07, 6.45) is 1.08. The van der Waals surface area contributed by atoms with Crippen LogP contribution in [-0.2, 0) is 16.6 Å². The number of benzene rings is 1. The summed E-state index contributed by atoms with van der Waals surface area (Å²) in [4.78, 5) is 11.0. The molecule has 0 saturated heterocycles. The van der Waals surface area contributed by atoms with Crippen LogP contribution < -0.4 is 5.32 Å². The van der Waals surface area contributed by atoms with Gasteiger partial charge >= 0.3 is 5.91 Å². The molecule has 1 aromatic rings. The minimum Gasteiger partial charge on any atom is -0.343 e. The van der Waals surface area contributed by atoms with E-state index in [0.717, 1.165) is 6.42 Å². The van der Waals surface area contributed by atoms with Gasteiger partial charge in [0.05, 0.1) is 0 Å². The lowest BCUT2D eigenvalue weighted by Crippen LogP contribution is -2.36. The van der Waals surface area contributed by atoms with E-state index in [1.54, 1.807) is 6.07 Å². The van der Waals surface area contributed by atoms with E-state index < -0.39 is 5.91 Å². The average molecular weight is 258 g/mol. The molecule has 102 valence electrons. The summed E-state index contributed by atoms with van der Waals surface area (Å²) in [5.74, 6) is 0.0679. The standard InChI is InChI=1S/C16H22N2O/c1-12(2)9-13-5-7-14(8-6-13)16(3,4)11-18-15(19)10-17/h5-8,12H,9,11H2,1-4H3,(H,18,19). The highest BCUT2D eigenvalue weighted by molar-refractivity contribution is 5.91. The third-order valence-electron chi connectivity index (χ3n) is 3.17. The van der Waals surface area contributed by atoms with Gasteiger partial charge in [0, 0.05) is 12.0 Å². The highest BCUT2D eigenvalue weighted by Crippen LogP contribution is 2.23. The maximum Gasteiger partial charge on any atom is 0.322 e. The lowest BCUT2D eigenvalue weighted by atomic mass is 9.84. The number of amides is 1. The molecule has 3 heteroatoms. The Labute approximate surface area is 115 Å². The maximum atomic E-state index is 11.0. The molecule has 0 aliphatic carbocycles.